The largest absolute Gasteiger partial charge is 0.359 e. The molecule has 1 atom stereocenters. The number of amides is 4. The normalized spacial score (nSPS) is 15.3. The maximum Gasteiger partial charge on any atom is 0.295 e. The smallest absolute Gasteiger partial charge is 0.295 e. The highest BCUT2D eigenvalue weighted by Gasteiger charge is 2.34. The Balaban J connectivity index is 0.894. The van der Waals surface area contributed by atoms with Crippen LogP contribution in [0.4, 0.5) is 15.8 Å². The number of likely N-dealkylation sites (tertiary alicyclic amines) is 1. The van der Waals surface area contributed by atoms with E-state index in [1.54, 1.807) is 59.6 Å². The molecule has 2 aliphatic heterocycles. The molecule has 17 nitrogen and oxygen atoms in total. The number of allylic oxidation sites excluding steroid dienone is 1. The van der Waals surface area contributed by atoms with Crippen LogP contribution in [0.15, 0.2) is 108 Å². The van der Waals surface area contributed by atoms with Crippen molar-refractivity contribution < 1.29 is 37.7 Å². The van der Waals surface area contributed by atoms with Gasteiger partial charge in [0.15, 0.2) is 0 Å². The standard InChI is InChI=1S/C50H43FN10O7/c1-28-26-59(19-20-61(28)50(67)46(63)36-24-54-44-33(36)9-6-11-39(44)58-48(65)41-12-16-56-68-41)27-30-7-5-8-32(21-30)34-22-40(57-29(2)62)45-42(43(34)51)37(25-55-45)47(64)49(66)60-17-13-31(14-18-60)35(23-52)38-10-3-4-15-53-38/h3-12,15-16,21-22,24-25,28,54-55H,13-14,17-20,26-27H2,1-2H3,(H,57,62)(H,58,65)/t28-/m1/s1. The van der Waals surface area contributed by atoms with Gasteiger partial charge in [0.05, 0.1) is 51.0 Å². The van der Waals surface area contributed by atoms with Crippen molar-refractivity contribution in [2.45, 2.75) is 39.3 Å². The van der Waals surface area contributed by atoms with Gasteiger partial charge >= 0.3 is 0 Å². The van der Waals surface area contributed by atoms with Gasteiger partial charge in [-0.25, -0.2) is 4.39 Å². The van der Waals surface area contributed by atoms with Crippen LogP contribution in [0.2, 0.25) is 0 Å². The number of fused-ring (bicyclic) bond motifs is 2. The van der Waals surface area contributed by atoms with Crippen LogP contribution < -0.4 is 10.6 Å². The lowest BCUT2D eigenvalue weighted by molar-refractivity contribution is -0.130. The quantitative estimate of drug-likeness (QED) is 0.0603. The number of piperazine rings is 1. The van der Waals surface area contributed by atoms with Crippen LogP contribution in [0.5, 0.6) is 0 Å². The van der Waals surface area contributed by atoms with E-state index in [4.69, 9.17) is 4.52 Å². The molecule has 2 aliphatic rings. The number of rotatable bonds is 11. The first-order chi connectivity index (χ1) is 32.9. The van der Waals surface area contributed by atoms with Crippen molar-refractivity contribution in [2.75, 3.05) is 43.4 Å². The Morgan fingerprint density at radius 2 is 1.60 bits per heavy atom. The molecule has 2 fully saturated rings. The molecule has 4 aromatic heterocycles. The molecular formula is C50H43FN10O7. The minimum Gasteiger partial charge on any atom is -0.359 e. The number of halogens is 1. The maximum atomic E-state index is 17.0. The number of Topliss-reactive ketones (excluding diaryl/α,β-unsaturated/α-hetero) is 2. The average molecular weight is 915 g/mol. The Hall–Kier alpha value is -8.56. The van der Waals surface area contributed by atoms with Gasteiger partial charge in [0.1, 0.15) is 11.9 Å². The van der Waals surface area contributed by atoms with Crippen molar-refractivity contribution in [3.8, 4) is 17.2 Å². The first-order valence-electron chi connectivity index (χ1n) is 21.9. The second-order valence-electron chi connectivity index (χ2n) is 16.7. The zero-order chi connectivity index (χ0) is 47.6. The number of anilines is 2. The topological polar surface area (TPSA) is 230 Å². The zero-order valence-corrected chi connectivity index (χ0v) is 36.9. The van der Waals surface area contributed by atoms with Gasteiger partial charge in [-0.05, 0) is 66.8 Å². The Labute approximate surface area is 387 Å². The second kappa shape index (κ2) is 18.7. The van der Waals surface area contributed by atoms with Crippen molar-refractivity contribution >= 4 is 73.9 Å². The average Bonchev–Trinajstić information content (AvgIpc) is 4.15. The number of aromatic amines is 2. The van der Waals surface area contributed by atoms with Gasteiger partial charge in [0.25, 0.3) is 29.3 Å². The minimum atomic E-state index is -0.915. The van der Waals surface area contributed by atoms with E-state index in [1.165, 1.54) is 42.5 Å². The summed E-state index contributed by atoms with van der Waals surface area (Å²) in [5.74, 6) is -4.77. The third-order valence-corrected chi connectivity index (χ3v) is 12.4. The summed E-state index contributed by atoms with van der Waals surface area (Å²) in [7, 11) is 0. The summed E-state index contributed by atoms with van der Waals surface area (Å²) >= 11 is 0. The number of aromatic nitrogens is 4. The molecule has 18 heteroatoms. The Morgan fingerprint density at radius 3 is 2.32 bits per heavy atom. The van der Waals surface area contributed by atoms with Gasteiger partial charge in [0, 0.05) is 93.2 Å². The zero-order valence-electron chi connectivity index (χ0n) is 36.9. The summed E-state index contributed by atoms with van der Waals surface area (Å²) in [5, 5.41) is 19.2. The molecule has 6 heterocycles. The number of piperidine rings is 1. The van der Waals surface area contributed by atoms with Crippen LogP contribution in [0.1, 0.15) is 69.2 Å². The van der Waals surface area contributed by atoms with Crippen LogP contribution >= 0.6 is 0 Å². The van der Waals surface area contributed by atoms with E-state index in [0.717, 1.165) is 11.1 Å². The number of H-pyrrole nitrogens is 2. The van der Waals surface area contributed by atoms with Gasteiger partial charge in [-0.1, -0.05) is 41.6 Å². The molecule has 2 saturated heterocycles. The predicted octanol–water partition coefficient (Wildman–Crippen LogP) is 6.75. The third kappa shape index (κ3) is 8.65. The first-order valence-corrected chi connectivity index (χ1v) is 21.9. The van der Waals surface area contributed by atoms with E-state index in [0.29, 0.717) is 65.9 Å². The van der Waals surface area contributed by atoms with E-state index in [2.05, 4.69) is 41.7 Å². The molecule has 4 N–H and O–H groups in total. The number of nitriles is 1. The summed E-state index contributed by atoms with van der Waals surface area (Å²) < 4.78 is 21.9. The number of pyridine rings is 1. The van der Waals surface area contributed by atoms with E-state index >= 15 is 4.39 Å². The lowest BCUT2D eigenvalue weighted by Gasteiger charge is -2.39. The fourth-order valence-corrected chi connectivity index (χ4v) is 9.05. The minimum absolute atomic E-state index is 0.0117. The van der Waals surface area contributed by atoms with Crippen LogP contribution in [0.25, 0.3) is 38.5 Å². The number of hydrogen-bond acceptors (Lipinski definition) is 11. The molecule has 7 aromatic rings. The second-order valence-corrected chi connectivity index (χ2v) is 16.7. The maximum absolute atomic E-state index is 17.0. The molecule has 342 valence electrons. The molecule has 0 saturated carbocycles. The number of ketones is 2. The lowest BCUT2D eigenvalue weighted by atomic mass is 9.95. The summed E-state index contributed by atoms with van der Waals surface area (Å²) in [6.07, 6.45) is 6.42. The van der Waals surface area contributed by atoms with E-state index in [1.807, 2.05) is 19.1 Å². The molecule has 0 bridgehead atoms. The molecule has 9 rings (SSSR count). The van der Waals surface area contributed by atoms with Crippen LogP contribution in [-0.2, 0) is 20.9 Å². The molecule has 0 unspecified atom stereocenters. The predicted molar refractivity (Wildman–Crippen MR) is 248 cm³/mol. The molecule has 4 amide bonds. The summed E-state index contributed by atoms with van der Waals surface area (Å²) in [5.41, 5.74) is 4.41. The molecule has 68 heavy (non-hydrogen) atoms. The highest BCUT2D eigenvalue weighted by Crippen LogP contribution is 2.37. The molecule has 0 spiro atoms. The number of carbonyl (C=O) groups excluding carboxylic acids is 6. The van der Waals surface area contributed by atoms with Gasteiger partial charge in [-0.15, -0.1) is 0 Å². The number of para-hydroxylation sites is 1. The van der Waals surface area contributed by atoms with Crippen molar-refractivity contribution in [3.63, 3.8) is 0 Å². The van der Waals surface area contributed by atoms with E-state index < -0.39 is 41.0 Å². The molecular weight excluding hydrogens is 872 g/mol. The highest BCUT2D eigenvalue weighted by atomic mass is 19.1. The van der Waals surface area contributed by atoms with Crippen LogP contribution in [0, 0.1) is 17.1 Å². The summed E-state index contributed by atoms with van der Waals surface area (Å²) in [4.78, 5) is 95.4. The fraction of sp³-hybridized carbons (Fsp3) is 0.220. The van der Waals surface area contributed by atoms with Crippen molar-refractivity contribution in [1.82, 2.24) is 34.8 Å². The van der Waals surface area contributed by atoms with Gasteiger partial charge in [-0.3, -0.25) is 38.7 Å². The summed E-state index contributed by atoms with van der Waals surface area (Å²) in [6.45, 7) is 5.10. The van der Waals surface area contributed by atoms with Crippen molar-refractivity contribution in [1.29, 1.82) is 5.26 Å². The van der Waals surface area contributed by atoms with Crippen molar-refractivity contribution in [3.05, 3.63) is 137 Å². The highest BCUT2D eigenvalue weighted by molar-refractivity contribution is 6.46. The van der Waals surface area contributed by atoms with E-state index in [9.17, 15) is 34.0 Å². The van der Waals surface area contributed by atoms with E-state index in [-0.39, 0.29) is 64.7 Å². The molecule has 3 aromatic carbocycles. The molecule has 0 radical (unpaired) electrons. The Morgan fingerprint density at radius 1 is 0.838 bits per heavy atom. The summed E-state index contributed by atoms with van der Waals surface area (Å²) in [6, 6.07) is 22.3. The fourth-order valence-electron chi connectivity index (χ4n) is 9.05. The first kappa shape index (κ1) is 44.6. The van der Waals surface area contributed by atoms with Gasteiger partial charge < -0.3 is 34.9 Å². The lowest BCUT2D eigenvalue weighted by Crippen LogP contribution is -2.55. The third-order valence-electron chi connectivity index (χ3n) is 12.4. The monoisotopic (exact) mass is 914 g/mol. The van der Waals surface area contributed by atoms with Crippen molar-refractivity contribution in [2.24, 2.45) is 0 Å². The SMILES string of the molecule is CC(=O)Nc1cc(-c2cccc(CN3CCN(C(=O)C(=O)c4c[nH]c5c(NC(=O)c6ccno6)cccc45)[C@H](C)C3)c2)c(F)c2c(C(=O)C(=O)N3CCC(=C(C#N)c4ccccn4)CC3)c[nH]c12. The Bertz CT molecular complexity index is 3230. The molecule has 0 aliphatic carbocycles. The number of nitrogens with one attached hydrogen (secondary N) is 4. The van der Waals surface area contributed by atoms with Gasteiger partial charge in [0.2, 0.25) is 11.7 Å². The van der Waals surface area contributed by atoms with Crippen LogP contribution in [0.3, 0.4) is 0 Å². The number of hydrogen-bond donors (Lipinski definition) is 4. The Kier molecular flexibility index (Phi) is 12.3. The van der Waals surface area contributed by atoms with Gasteiger partial charge in [-0.2, -0.15) is 5.26 Å². The van der Waals surface area contributed by atoms with Crippen LogP contribution in [-0.4, -0.2) is 109 Å². The number of carbonyl (C=O) groups is 6. The number of nitrogens with zero attached hydrogens (tertiary/aromatic N) is 6. The number of benzene rings is 3.